The smallest absolute Gasteiger partial charge is 0.157 e. The van der Waals surface area contributed by atoms with Gasteiger partial charge in [-0.1, -0.05) is 113 Å². The minimum atomic E-state index is -2.49. The van der Waals surface area contributed by atoms with Gasteiger partial charge in [0.25, 0.3) is 0 Å². The number of nitrogens with zero attached hydrogens (tertiary/aromatic N) is 3. The fourth-order valence-corrected chi connectivity index (χ4v) is 7.55. The van der Waals surface area contributed by atoms with E-state index >= 15 is 0 Å². The quantitative estimate of drug-likeness (QED) is 0.176. The number of hydrogen-bond acceptors (Lipinski definition) is 3. The lowest BCUT2D eigenvalue weighted by Gasteiger charge is -2.24. The maximum absolute atomic E-state index is 8.51. The molecule has 9 rings (SSSR count). The van der Waals surface area contributed by atoms with Crippen LogP contribution in [0.4, 0.5) is 0 Å². The van der Waals surface area contributed by atoms with E-state index in [2.05, 4.69) is 99.0 Å². The number of furan rings is 1. The van der Waals surface area contributed by atoms with E-state index in [4.69, 9.17) is 18.5 Å². The highest BCUT2D eigenvalue weighted by molar-refractivity contribution is 6.27. The van der Waals surface area contributed by atoms with Crippen molar-refractivity contribution in [3.63, 3.8) is 0 Å². The Labute approximate surface area is 289 Å². The van der Waals surface area contributed by atoms with Crippen molar-refractivity contribution in [3.8, 4) is 28.2 Å². The van der Waals surface area contributed by atoms with Crippen LogP contribution < -0.4 is 0 Å². The molecule has 0 N–H and O–H groups in total. The first kappa shape index (κ1) is 26.2. The van der Waals surface area contributed by atoms with Crippen LogP contribution in [0.5, 0.6) is 0 Å². The van der Waals surface area contributed by atoms with Gasteiger partial charge in [-0.05, 0) is 88.1 Å². The van der Waals surface area contributed by atoms with Gasteiger partial charge in [-0.2, -0.15) is 0 Å². The molecule has 49 heavy (non-hydrogen) atoms. The van der Waals surface area contributed by atoms with Gasteiger partial charge in [0.1, 0.15) is 11.4 Å². The molecule has 0 aliphatic rings. The highest BCUT2D eigenvalue weighted by Gasteiger charge is 2.26. The van der Waals surface area contributed by atoms with E-state index in [1.54, 1.807) is 0 Å². The van der Waals surface area contributed by atoms with Gasteiger partial charge in [-0.3, -0.25) is 4.57 Å². The van der Waals surface area contributed by atoms with Crippen molar-refractivity contribution in [2.24, 2.45) is 0 Å². The van der Waals surface area contributed by atoms with Crippen LogP contribution in [0.25, 0.3) is 82.8 Å². The van der Waals surface area contributed by atoms with Crippen LogP contribution in [0.2, 0.25) is 0 Å². The zero-order valence-electron chi connectivity index (χ0n) is 31.0. The van der Waals surface area contributed by atoms with Gasteiger partial charge in [0, 0.05) is 20.3 Å². The maximum Gasteiger partial charge on any atom is 0.157 e. The average Bonchev–Trinajstić information content (AvgIpc) is 3.73. The van der Waals surface area contributed by atoms with E-state index in [0.717, 1.165) is 55.0 Å². The molecule has 4 heteroatoms. The van der Waals surface area contributed by atoms with E-state index in [1.807, 2.05) is 54.6 Å². The molecular weight excluding hydrogens is 599 g/mol. The highest BCUT2D eigenvalue weighted by Crippen LogP contribution is 2.44. The lowest BCUT2D eigenvalue weighted by atomic mass is 9.88. The Bertz CT molecular complexity index is 2820. The molecule has 0 amide bonds. The lowest BCUT2D eigenvalue weighted by molar-refractivity contribution is 0.664. The maximum atomic E-state index is 8.51. The monoisotopic (exact) mass is 638 g/mol. The number of hydrogen-bond donors (Lipinski definition) is 0. The predicted molar refractivity (Wildman–Crippen MR) is 205 cm³/mol. The molecule has 0 aliphatic carbocycles. The second-order valence-electron chi connectivity index (χ2n) is 13.6. The SMILES string of the molecule is [2H]C([2H])([2H])c1nc2ccc3ccccc3c2c2c1oc1c(-c3nc4ccccc4n3-c3c(C(C)C)cc(-c4ccccc4)cc3C(C)C)cccc12. The summed E-state index contributed by atoms with van der Waals surface area (Å²) in [6, 6.07) is 41.6. The van der Waals surface area contributed by atoms with Crippen molar-refractivity contribution >= 4 is 54.6 Å². The predicted octanol–water partition coefficient (Wildman–Crippen LogP) is 12.5. The van der Waals surface area contributed by atoms with Crippen LogP contribution in [0.15, 0.2) is 126 Å². The van der Waals surface area contributed by atoms with Gasteiger partial charge in [-0.15, -0.1) is 0 Å². The number of benzene rings is 6. The van der Waals surface area contributed by atoms with Crippen molar-refractivity contribution in [3.05, 3.63) is 138 Å². The van der Waals surface area contributed by atoms with E-state index in [1.165, 1.54) is 22.3 Å². The molecule has 0 saturated carbocycles. The van der Waals surface area contributed by atoms with Crippen molar-refractivity contribution in [2.75, 3.05) is 0 Å². The first-order chi connectivity index (χ1) is 25.1. The number of para-hydroxylation sites is 3. The summed E-state index contributed by atoms with van der Waals surface area (Å²) in [6.45, 7) is 6.49. The van der Waals surface area contributed by atoms with Gasteiger partial charge in [0.15, 0.2) is 5.58 Å². The first-order valence-corrected chi connectivity index (χ1v) is 17.0. The highest BCUT2D eigenvalue weighted by atomic mass is 16.3. The molecule has 238 valence electrons. The third-order valence-corrected chi connectivity index (χ3v) is 9.87. The summed E-state index contributed by atoms with van der Waals surface area (Å²) in [5, 5.41) is 4.51. The van der Waals surface area contributed by atoms with Crippen molar-refractivity contribution in [1.29, 1.82) is 0 Å². The van der Waals surface area contributed by atoms with Crippen LogP contribution >= 0.6 is 0 Å². The molecule has 9 aromatic rings. The lowest BCUT2D eigenvalue weighted by Crippen LogP contribution is -2.09. The molecule has 0 spiro atoms. The standard InChI is InChI=1S/C45H37N3O/c1-26(2)35-24-31(29-14-7-6-8-15-29)25-36(27(3)4)42(35)48-39-21-12-11-20-37(39)47-45(48)34-19-13-18-33-41-40-32-17-10-9-16-30(32)22-23-38(40)46-28(5)43(41)49-44(33)34/h6-27H,1-5H3/i5D3. The fraction of sp³-hybridized carbons (Fsp3) is 0.156. The minimum Gasteiger partial charge on any atom is -0.453 e. The summed E-state index contributed by atoms with van der Waals surface area (Å²) in [4.78, 5) is 10.1. The second-order valence-corrected chi connectivity index (χ2v) is 13.6. The zero-order chi connectivity index (χ0) is 35.9. The fourth-order valence-electron chi connectivity index (χ4n) is 7.55. The van der Waals surface area contributed by atoms with E-state index in [-0.39, 0.29) is 23.1 Å². The molecule has 0 unspecified atom stereocenters. The molecular formula is C45H37N3O. The van der Waals surface area contributed by atoms with Gasteiger partial charge >= 0.3 is 0 Å². The Morgan fingerprint density at radius 3 is 2.10 bits per heavy atom. The van der Waals surface area contributed by atoms with Crippen molar-refractivity contribution < 1.29 is 8.53 Å². The average molecular weight is 639 g/mol. The van der Waals surface area contributed by atoms with E-state index in [9.17, 15) is 0 Å². The van der Waals surface area contributed by atoms with Crippen molar-refractivity contribution in [2.45, 2.75) is 46.4 Å². The Balaban J connectivity index is 1.42. The molecule has 0 fully saturated rings. The minimum absolute atomic E-state index is 0.0402. The summed E-state index contributed by atoms with van der Waals surface area (Å²) in [7, 11) is 0. The number of aryl methyl sites for hydroxylation is 1. The molecule has 0 aliphatic heterocycles. The summed E-state index contributed by atoms with van der Waals surface area (Å²) >= 11 is 0. The Morgan fingerprint density at radius 1 is 0.612 bits per heavy atom. The summed E-state index contributed by atoms with van der Waals surface area (Å²) in [6.07, 6.45) is 0. The molecule has 3 aromatic heterocycles. The van der Waals surface area contributed by atoms with Gasteiger partial charge < -0.3 is 4.42 Å². The van der Waals surface area contributed by atoms with Crippen LogP contribution in [-0.4, -0.2) is 14.5 Å². The molecule has 6 aromatic carbocycles. The summed E-state index contributed by atoms with van der Waals surface area (Å²) in [5.41, 5.74) is 10.0. The molecule has 4 nitrogen and oxygen atoms in total. The Morgan fingerprint density at radius 2 is 1.33 bits per heavy atom. The van der Waals surface area contributed by atoms with Crippen LogP contribution in [0.1, 0.15) is 60.5 Å². The molecule has 0 bridgehead atoms. The number of pyridine rings is 1. The van der Waals surface area contributed by atoms with E-state index < -0.39 is 6.85 Å². The zero-order valence-corrected chi connectivity index (χ0v) is 28.0. The largest absolute Gasteiger partial charge is 0.453 e. The second kappa shape index (κ2) is 11.2. The molecule has 0 saturated heterocycles. The van der Waals surface area contributed by atoms with Crippen LogP contribution in [-0.2, 0) is 0 Å². The number of aromatic nitrogens is 3. The number of imidazole rings is 1. The molecule has 0 atom stereocenters. The van der Waals surface area contributed by atoms with E-state index in [0.29, 0.717) is 11.1 Å². The Kier molecular flexibility index (Phi) is 5.98. The number of fused-ring (bicyclic) bond motifs is 8. The van der Waals surface area contributed by atoms with Crippen LogP contribution in [0.3, 0.4) is 0 Å². The topological polar surface area (TPSA) is 43.9 Å². The third kappa shape index (κ3) is 4.51. The molecule has 0 radical (unpaired) electrons. The molecule has 3 heterocycles. The normalized spacial score (nSPS) is 13.3. The van der Waals surface area contributed by atoms with Gasteiger partial charge in [-0.25, -0.2) is 9.97 Å². The van der Waals surface area contributed by atoms with Gasteiger partial charge in [0.2, 0.25) is 0 Å². The van der Waals surface area contributed by atoms with Crippen LogP contribution in [0, 0.1) is 6.85 Å². The van der Waals surface area contributed by atoms with Crippen molar-refractivity contribution in [1.82, 2.24) is 14.5 Å². The first-order valence-electron chi connectivity index (χ1n) is 18.5. The Hall–Kier alpha value is -5.74. The summed E-state index contributed by atoms with van der Waals surface area (Å²) in [5.74, 6) is 1.15. The third-order valence-electron chi connectivity index (χ3n) is 9.87. The summed E-state index contributed by atoms with van der Waals surface area (Å²) < 4.78 is 34.6. The number of rotatable bonds is 5. The van der Waals surface area contributed by atoms with Gasteiger partial charge in [0.05, 0.1) is 33.5 Å².